The van der Waals surface area contributed by atoms with Gasteiger partial charge >= 0.3 is 0 Å². The molecule has 1 aromatic heterocycles. The van der Waals surface area contributed by atoms with E-state index < -0.39 is 0 Å². The third kappa shape index (κ3) is 3.09. The van der Waals surface area contributed by atoms with Crippen LogP contribution < -0.4 is 9.47 Å². The Morgan fingerprint density at radius 2 is 2.16 bits per heavy atom. The van der Waals surface area contributed by atoms with Crippen LogP contribution in [0.5, 0.6) is 11.5 Å². The van der Waals surface area contributed by atoms with Gasteiger partial charge in [0.05, 0.1) is 7.11 Å². The lowest BCUT2D eigenvalue weighted by atomic mass is 10.2. The van der Waals surface area contributed by atoms with Crippen molar-refractivity contribution >= 4 is 5.78 Å². The fraction of sp³-hybridized carbons (Fsp3) is 0.308. The zero-order chi connectivity index (χ0) is 13.8. The van der Waals surface area contributed by atoms with Crippen LogP contribution in [0.2, 0.25) is 0 Å². The summed E-state index contributed by atoms with van der Waals surface area (Å²) in [6.45, 7) is 3.19. The van der Waals surface area contributed by atoms with Crippen LogP contribution in [-0.4, -0.2) is 29.6 Å². The maximum atomic E-state index is 10.9. The Labute approximate surface area is 110 Å². The number of rotatable bonds is 5. The molecule has 0 atom stereocenters. The maximum Gasteiger partial charge on any atom is 0.223 e. The first kappa shape index (κ1) is 13.1. The molecule has 0 bridgehead atoms. The average Bonchev–Trinajstić information content (AvgIpc) is 2.82. The van der Waals surface area contributed by atoms with E-state index in [9.17, 15) is 4.79 Å². The Morgan fingerprint density at radius 3 is 2.74 bits per heavy atom. The van der Waals surface area contributed by atoms with Gasteiger partial charge in [0, 0.05) is 12.5 Å². The van der Waals surface area contributed by atoms with E-state index in [1.165, 1.54) is 14.0 Å². The van der Waals surface area contributed by atoms with E-state index in [1.807, 2.05) is 0 Å². The van der Waals surface area contributed by atoms with E-state index >= 15 is 0 Å². The normalized spacial score (nSPS) is 10.3. The zero-order valence-electron chi connectivity index (χ0n) is 11.0. The van der Waals surface area contributed by atoms with Gasteiger partial charge in [-0.1, -0.05) is 5.16 Å². The predicted molar refractivity (Wildman–Crippen MR) is 67.2 cm³/mol. The number of aromatic nitrogens is 2. The van der Waals surface area contributed by atoms with Crippen molar-refractivity contribution in [1.82, 2.24) is 10.1 Å². The van der Waals surface area contributed by atoms with Crippen molar-refractivity contribution in [2.24, 2.45) is 0 Å². The molecule has 0 aliphatic carbocycles. The highest BCUT2D eigenvalue weighted by molar-refractivity contribution is 5.77. The molecule has 0 spiro atoms. The van der Waals surface area contributed by atoms with E-state index in [2.05, 4.69) is 10.1 Å². The first-order valence-corrected chi connectivity index (χ1v) is 5.71. The minimum Gasteiger partial charge on any atom is -0.493 e. The molecule has 0 N–H and O–H groups in total. The molecule has 0 unspecified atom stereocenters. The van der Waals surface area contributed by atoms with Crippen molar-refractivity contribution in [3.05, 3.63) is 24.1 Å². The van der Waals surface area contributed by atoms with Gasteiger partial charge in [-0.2, -0.15) is 4.98 Å². The van der Waals surface area contributed by atoms with Crippen LogP contribution in [0.15, 0.2) is 22.7 Å². The van der Waals surface area contributed by atoms with E-state index in [0.717, 1.165) is 5.56 Å². The Balaban J connectivity index is 2.27. The summed E-state index contributed by atoms with van der Waals surface area (Å²) in [4.78, 5) is 15.0. The number of aryl methyl sites for hydroxylation is 1. The zero-order valence-corrected chi connectivity index (χ0v) is 11.0. The van der Waals surface area contributed by atoms with Gasteiger partial charge < -0.3 is 14.0 Å². The lowest BCUT2D eigenvalue weighted by Crippen LogP contribution is -2.07. The third-order valence-corrected chi connectivity index (χ3v) is 2.38. The molecule has 19 heavy (non-hydrogen) atoms. The lowest BCUT2D eigenvalue weighted by molar-refractivity contribution is -0.118. The predicted octanol–water partition coefficient (Wildman–Crippen LogP) is 2.02. The number of ether oxygens (including phenoxy) is 2. The fourth-order valence-electron chi connectivity index (χ4n) is 1.52. The number of nitrogens with zero attached hydrogens (tertiary/aromatic N) is 2. The molecule has 0 saturated heterocycles. The molecule has 0 aliphatic heterocycles. The van der Waals surface area contributed by atoms with Gasteiger partial charge in [0.1, 0.15) is 6.61 Å². The molecule has 1 aromatic carbocycles. The van der Waals surface area contributed by atoms with Crippen LogP contribution in [0.3, 0.4) is 0 Å². The average molecular weight is 262 g/mol. The highest BCUT2D eigenvalue weighted by Crippen LogP contribution is 2.31. The van der Waals surface area contributed by atoms with Crippen molar-refractivity contribution < 1.29 is 18.8 Å². The molecular formula is C13H14N2O4. The highest BCUT2D eigenvalue weighted by atomic mass is 16.5. The summed E-state index contributed by atoms with van der Waals surface area (Å²) in [7, 11) is 1.53. The van der Waals surface area contributed by atoms with Gasteiger partial charge in [-0.15, -0.1) is 0 Å². The minimum absolute atomic E-state index is 0.0109. The molecule has 0 radical (unpaired) electrons. The number of hydrogen-bond acceptors (Lipinski definition) is 6. The molecule has 1 heterocycles. The molecule has 0 amide bonds. The van der Waals surface area contributed by atoms with Gasteiger partial charge in [-0.05, 0) is 25.1 Å². The first-order chi connectivity index (χ1) is 9.10. The summed E-state index contributed by atoms with van der Waals surface area (Å²) in [6, 6.07) is 5.23. The lowest BCUT2D eigenvalue weighted by Gasteiger charge is -2.10. The number of benzene rings is 1. The summed E-state index contributed by atoms with van der Waals surface area (Å²) >= 11 is 0. The summed E-state index contributed by atoms with van der Waals surface area (Å²) < 4.78 is 15.5. The van der Waals surface area contributed by atoms with Gasteiger partial charge in [0.25, 0.3) is 0 Å². The van der Waals surface area contributed by atoms with Gasteiger partial charge in [0.2, 0.25) is 11.7 Å². The number of carbonyl (C=O) groups is 1. The molecular weight excluding hydrogens is 248 g/mol. The Hall–Kier alpha value is -2.37. The van der Waals surface area contributed by atoms with Gasteiger partial charge in [0.15, 0.2) is 17.3 Å². The second-order valence-electron chi connectivity index (χ2n) is 3.99. The molecule has 100 valence electrons. The van der Waals surface area contributed by atoms with E-state index in [0.29, 0.717) is 23.2 Å². The van der Waals surface area contributed by atoms with Crippen LogP contribution in [0.25, 0.3) is 11.4 Å². The van der Waals surface area contributed by atoms with Crippen LogP contribution in [0.4, 0.5) is 0 Å². The number of hydrogen-bond donors (Lipinski definition) is 0. The summed E-state index contributed by atoms with van der Waals surface area (Å²) in [5, 5.41) is 3.83. The number of Topliss-reactive ketones (excluding diaryl/α,β-unsaturated/α-hetero) is 1. The highest BCUT2D eigenvalue weighted by Gasteiger charge is 2.11. The maximum absolute atomic E-state index is 10.9. The monoisotopic (exact) mass is 262 g/mol. The molecule has 0 saturated carbocycles. The second-order valence-corrected chi connectivity index (χ2v) is 3.99. The molecule has 0 fully saturated rings. The summed E-state index contributed by atoms with van der Waals surface area (Å²) in [6.07, 6.45) is 0. The fourth-order valence-corrected chi connectivity index (χ4v) is 1.52. The molecule has 6 heteroatoms. The van der Waals surface area contributed by atoms with Crippen molar-refractivity contribution in [2.75, 3.05) is 13.7 Å². The number of carbonyl (C=O) groups excluding carboxylic acids is 1. The molecule has 2 aromatic rings. The smallest absolute Gasteiger partial charge is 0.223 e. The summed E-state index contributed by atoms with van der Waals surface area (Å²) in [5.41, 5.74) is 0.754. The molecule has 2 rings (SSSR count). The van der Waals surface area contributed by atoms with E-state index in [1.54, 1.807) is 25.1 Å². The van der Waals surface area contributed by atoms with Crippen LogP contribution in [-0.2, 0) is 4.79 Å². The summed E-state index contributed by atoms with van der Waals surface area (Å²) in [5.74, 6) is 1.93. The number of ketones is 1. The minimum atomic E-state index is -0.0556. The third-order valence-electron chi connectivity index (χ3n) is 2.38. The van der Waals surface area contributed by atoms with E-state index in [4.69, 9.17) is 14.0 Å². The van der Waals surface area contributed by atoms with Crippen LogP contribution >= 0.6 is 0 Å². The number of methoxy groups -OCH3 is 1. The van der Waals surface area contributed by atoms with Gasteiger partial charge in [-0.3, -0.25) is 4.79 Å². The van der Waals surface area contributed by atoms with Crippen molar-refractivity contribution in [3.8, 4) is 22.9 Å². The van der Waals surface area contributed by atoms with Crippen molar-refractivity contribution in [1.29, 1.82) is 0 Å². The van der Waals surface area contributed by atoms with Crippen molar-refractivity contribution in [2.45, 2.75) is 13.8 Å². The van der Waals surface area contributed by atoms with Crippen LogP contribution in [0.1, 0.15) is 12.8 Å². The Kier molecular flexibility index (Phi) is 3.79. The molecule has 0 aliphatic rings. The Bertz CT molecular complexity index is 592. The van der Waals surface area contributed by atoms with Gasteiger partial charge in [-0.25, -0.2) is 0 Å². The van der Waals surface area contributed by atoms with E-state index in [-0.39, 0.29) is 12.4 Å². The topological polar surface area (TPSA) is 74.5 Å². The standard InChI is InChI=1S/C13H14N2O4/c1-8(16)7-18-11-5-4-10(6-12(11)17-3)13-14-9(2)19-15-13/h4-6H,7H2,1-3H3. The quantitative estimate of drug-likeness (QED) is 0.820. The van der Waals surface area contributed by atoms with Crippen LogP contribution in [0, 0.1) is 6.92 Å². The second kappa shape index (κ2) is 5.51. The first-order valence-electron chi connectivity index (χ1n) is 5.71. The SMILES string of the molecule is COc1cc(-c2noc(C)n2)ccc1OCC(C)=O. The molecule has 6 nitrogen and oxygen atoms in total. The largest absolute Gasteiger partial charge is 0.493 e. The van der Waals surface area contributed by atoms with Crippen molar-refractivity contribution in [3.63, 3.8) is 0 Å². The Morgan fingerprint density at radius 1 is 1.37 bits per heavy atom.